The van der Waals surface area contributed by atoms with Gasteiger partial charge in [0.1, 0.15) is 23.5 Å². The van der Waals surface area contributed by atoms with Gasteiger partial charge in [-0.1, -0.05) is 66.2 Å². The molecule has 0 unspecified atom stereocenters. The molecule has 0 aliphatic carbocycles. The Kier molecular flexibility index (Phi) is 5.45. The normalized spacial score (nSPS) is 15.3. The van der Waals surface area contributed by atoms with E-state index in [0.717, 1.165) is 28.0 Å². The number of rotatable bonds is 4. The second-order valence-electron chi connectivity index (χ2n) is 7.08. The fourth-order valence-electron chi connectivity index (χ4n) is 3.31. The molecule has 146 valence electrons. The summed E-state index contributed by atoms with van der Waals surface area (Å²) in [5.41, 5.74) is 4.36. The molecule has 1 heterocycles. The molecule has 4 nitrogen and oxygen atoms in total. The minimum Gasteiger partial charge on any atom is -0.480 e. The van der Waals surface area contributed by atoms with Gasteiger partial charge in [-0.2, -0.15) is 5.26 Å². The van der Waals surface area contributed by atoms with Crippen LogP contribution in [0.4, 0.5) is 5.69 Å². The number of ether oxygens (including phenoxy) is 1. The van der Waals surface area contributed by atoms with Gasteiger partial charge in [0.2, 0.25) is 0 Å². The van der Waals surface area contributed by atoms with Crippen LogP contribution in [0, 0.1) is 18.3 Å². The zero-order valence-electron chi connectivity index (χ0n) is 16.5. The SMILES string of the molecule is Cc1ccc(NC(=O)/C(C#N)=C\C2=Cc3ccccc3O[C@H]2c2ccccc2)cc1. The Hall–Kier alpha value is -4.10. The molecule has 4 rings (SSSR count). The van der Waals surface area contributed by atoms with E-state index < -0.39 is 12.0 Å². The standard InChI is InChI=1S/C26H20N2O2/c1-18-11-13-23(14-12-18)28-26(29)22(17-27)16-21-15-20-9-5-6-10-24(20)30-25(21)19-7-3-2-4-8-19/h2-16,25H,1H3,(H,28,29)/b22-16-/t25-/m0/s1. The van der Waals surface area contributed by atoms with Crippen LogP contribution in [-0.2, 0) is 4.79 Å². The molecule has 0 spiro atoms. The van der Waals surface area contributed by atoms with Gasteiger partial charge in [-0.25, -0.2) is 0 Å². The minimum atomic E-state index is -0.451. The number of hydrogen-bond acceptors (Lipinski definition) is 3. The lowest BCUT2D eigenvalue weighted by molar-refractivity contribution is -0.112. The number of benzene rings is 3. The highest BCUT2D eigenvalue weighted by Gasteiger charge is 2.24. The maximum absolute atomic E-state index is 12.7. The first-order valence-corrected chi connectivity index (χ1v) is 9.66. The summed E-state index contributed by atoms with van der Waals surface area (Å²) >= 11 is 0. The van der Waals surface area contributed by atoms with E-state index in [1.54, 1.807) is 6.08 Å². The number of amides is 1. The van der Waals surface area contributed by atoms with Crippen LogP contribution < -0.4 is 10.1 Å². The van der Waals surface area contributed by atoms with Crippen LogP contribution in [0.3, 0.4) is 0 Å². The van der Waals surface area contributed by atoms with Crippen LogP contribution in [-0.4, -0.2) is 5.91 Å². The van der Waals surface area contributed by atoms with Crippen LogP contribution in [0.15, 0.2) is 96.1 Å². The van der Waals surface area contributed by atoms with Crippen molar-refractivity contribution in [3.05, 3.63) is 113 Å². The predicted octanol–water partition coefficient (Wildman–Crippen LogP) is 5.60. The highest BCUT2D eigenvalue weighted by atomic mass is 16.5. The van der Waals surface area contributed by atoms with E-state index in [2.05, 4.69) is 5.32 Å². The maximum atomic E-state index is 12.7. The average molecular weight is 392 g/mol. The fourth-order valence-corrected chi connectivity index (χ4v) is 3.31. The summed E-state index contributed by atoms with van der Waals surface area (Å²) < 4.78 is 6.23. The number of nitrogens with zero attached hydrogens (tertiary/aromatic N) is 1. The number of aryl methyl sites for hydroxylation is 1. The van der Waals surface area contributed by atoms with Gasteiger partial charge in [-0.05, 0) is 48.4 Å². The van der Waals surface area contributed by atoms with Crippen molar-refractivity contribution in [2.75, 3.05) is 5.32 Å². The molecule has 30 heavy (non-hydrogen) atoms. The van der Waals surface area contributed by atoms with Gasteiger partial charge in [-0.3, -0.25) is 4.79 Å². The third-order valence-corrected chi connectivity index (χ3v) is 4.88. The number of hydrogen-bond donors (Lipinski definition) is 1. The van der Waals surface area contributed by atoms with E-state index in [9.17, 15) is 10.1 Å². The molecule has 1 amide bonds. The van der Waals surface area contributed by atoms with E-state index in [0.29, 0.717) is 5.69 Å². The molecule has 0 aromatic heterocycles. The molecular formula is C26H20N2O2. The zero-order valence-corrected chi connectivity index (χ0v) is 16.5. The van der Waals surface area contributed by atoms with Gasteiger partial charge in [-0.15, -0.1) is 0 Å². The molecule has 1 aliphatic heterocycles. The minimum absolute atomic E-state index is 0.0192. The lowest BCUT2D eigenvalue weighted by Crippen LogP contribution is -2.17. The summed E-state index contributed by atoms with van der Waals surface area (Å²) in [4.78, 5) is 12.7. The number of nitriles is 1. The Morgan fingerprint density at radius 2 is 1.70 bits per heavy atom. The van der Waals surface area contributed by atoms with E-state index in [4.69, 9.17) is 4.74 Å². The van der Waals surface area contributed by atoms with Crippen LogP contribution >= 0.6 is 0 Å². The Balaban J connectivity index is 1.69. The number of nitrogens with one attached hydrogen (secondary N) is 1. The smallest absolute Gasteiger partial charge is 0.266 e. The summed E-state index contributed by atoms with van der Waals surface area (Å²) in [5.74, 6) is 0.319. The van der Waals surface area contributed by atoms with Crippen molar-refractivity contribution in [2.24, 2.45) is 0 Å². The third-order valence-electron chi connectivity index (χ3n) is 4.88. The molecule has 1 aliphatic rings. The quantitative estimate of drug-likeness (QED) is 0.464. The van der Waals surface area contributed by atoms with Gasteiger partial charge < -0.3 is 10.1 Å². The topological polar surface area (TPSA) is 62.1 Å². The molecule has 3 aromatic carbocycles. The van der Waals surface area contributed by atoms with Crippen LogP contribution in [0.5, 0.6) is 5.75 Å². The highest BCUT2D eigenvalue weighted by molar-refractivity contribution is 6.07. The van der Waals surface area contributed by atoms with Crippen molar-refractivity contribution in [3.8, 4) is 11.8 Å². The van der Waals surface area contributed by atoms with Crippen molar-refractivity contribution < 1.29 is 9.53 Å². The van der Waals surface area contributed by atoms with Crippen LogP contribution in [0.2, 0.25) is 0 Å². The average Bonchev–Trinajstić information content (AvgIpc) is 2.79. The first kappa shape index (κ1) is 19.2. The first-order valence-electron chi connectivity index (χ1n) is 9.66. The summed E-state index contributed by atoms with van der Waals surface area (Å²) in [5, 5.41) is 12.4. The Morgan fingerprint density at radius 1 is 1.00 bits per heavy atom. The second-order valence-corrected chi connectivity index (χ2v) is 7.08. The lowest BCUT2D eigenvalue weighted by Gasteiger charge is -2.26. The van der Waals surface area contributed by atoms with Crippen LogP contribution in [0.1, 0.15) is 22.8 Å². The van der Waals surface area contributed by atoms with Crippen molar-refractivity contribution in [3.63, 3.8) is 0 Å². The summed E-state index contributed by atoms with van der Waals surface area (Å²) in [6.07, 6.45) is 3.17. The molecule has 0 fully saturated rings. The number of fused-ring (bicyclic) bond motifs is 1. The first-order chi connectivity index (χ1) is 14.6. The lowest BCUT2D eigenvalue weighted by atomic mass is 9.94. The molecule has 1 atom stereocenters. The Bertz CT molecular complexity index is 1170. The van der Waals surface area contributed by atoms with E-state index in [1.807, 2.05) is 97.9 Å². The molecule has 0 saturated heterocycles. The summed E-state index contributed by atoms with van der Waals surface area (Å²) in [6, 6.07) is 26.9. The van der Waals surface area contributed by atoms with Gasteiger partial charge in [0.25, 0.3) is 5.91 Å². The van der Waals surface area contributed by atoms with Crippen molar-refractivity contribution in [1.29, 1.82) is 5.26 Å². The van der Waals surface area contributed by atoms with Crippen molar-refractivity contribution in [1.82, 2.24) is 0 Å². The number of carbonyl (C=O) groups excluding carboxylic acids is 1. The number of carbonyl (C=O) groups is 1. The van der Waals surface area contributed by atoms with Gasteiger partial charge in [0.15, 0.2) is 0 Å². The number of para-hydroxylation sites is 1. The molecule has 0 bridgehead atoms. The molecule has 4 heteroatoms. The molecule has 0 radical (unpaired) electrons. The summed E-state index contributed by atoms with van der Waals surface area (Å²) in [7, 11) is 0. The van der Waals surface area contributed by atoms with Gasteiger partial charge >= 0.3 is 0 Å². The molecule has 0 saturated carbocycles. The molecular weight excluding hydrogens is 372 g/mol. The van der Waals surface area contributed by atoms with Crippen molar-refractivity contribution >= 4 is 17.7 Å². The third kappa shape index (κ3) is 4.16. The fraction of sp³-hybridized carbons (Fsp3) is 0.0769. The van der Waals surface area contributed by atoms with E-state index in [1.165, 1.54) is 0 Å². The molecule has 1 N–H and O–H groups in total. The van der Waals surface area contributed by atoms with Crippen LogP contribution in [0.25, 0.3) is 6.08 Å². The summed E-state index contributed by atoms with van der Waals surface area (Å²) in [6.45, 7) is 1.98. The van der Waals surface area contributed by atoms with E-state index >= 15 is 0 Å². The largest absolute Gasteiger partial charge is 0.480 e. The zero-order chi connectivity index (χ0) is 20.9. The highest BCUT2D eigenvalue weighted by Crippen LogP contribution is 2.38. The van der Waals surface area contributed by atoms with E-state index in [-0.39, 0.29) is 5.57 Å². The molecule has 3 aromatic rings. The maximum Gasteiger partial charge on any atom is 0.266 e. The number of anilines is 1. The van der Waals surface area contributed by atoms with Gasteiger partial charge in [0, 0.05) is 11.3 Å². The predicted molar refractivity (Wildman–Crippen MR) is 118 cm³/mol. The Labute approximate surface area is 175 Å². The monoisotopic (exact) mass is 392 g/mol. The van der Waals surface area contributed by atoms with Crippen molar-refractivity contribution in [2.45, 2.75) is 13.0 Å². The second kappa shape index (κ2) is 8.50. The van der Waals surface area contributed by atoms with Gasteiger partial charge in [0.05, 0.1) is 0 Å². The Morgan fingerprint density at radius 3 is 2.43 bits per heavy atom.